The lowest BCUT2D eigenvalue weighted by atomic mass is 9.76. The Kier molecular flexibility index (Phi) is 8.96. The molecule has 0 unspecified atom stereocenters. The largest absolute Gasteiger partial charge is 0.206 e. The Morgan fingerprint density at radius 2 is 1.49 bits per heavy atom. The summed E-state index contributed by atoms with van der Waals surface area (Å²) in [6.07, 6.45) is 17.9. The van der Waals surface area contributed by atoms with E-state index in [2.05, 4.69) is 80.3 Å². The number of rotatable bonds is 7. The first-order valence-corrected chi connectivity index (χ1v) is 13.2. The van der Waals surface area contributed by atoms with Crippen LogP contribution in [0.1, 0.15) is 87.0 Å². The van der Waals surface area contributed by atoms with Crippen molar-refractivity contribution < 1.29 is 4.39 Å². The zero-order valence-electron chi connectivity index (χ0n) is 21.2. The third kappa shape index (κ3) is 6.73. The van der Waals surface area contributed by atoms with Gasteiger partial charge in [-0.2, -0.15) is 0 Å². The van der Waals surface area contributed by atoms with E-state index in [0.717, 1.165) is 53.7 Å². The first kappa shape index (κ1) is 25.0. The molecular weight excluding hydrogens is 427 g/mol. The third-order valence-electron chi connectivity index (χ3n) is 7.39. The Hall–Kier alpha value is -3.11. The molecule has 1 aliphatic carbocycles. The second-order valence-corrected chi connectivity index (χ2v) is 9.82. The molecule has 0 aliphatic heterocycles. The Labute approximate surface area is 211 Å². The maximum Gasteiger partial charge on any atom is 0.134 e. The Balaban J connectivity index is 1.42. The van der Waals surface area contributed by atoms with Crippen molar-refractivity contribution in [3.05, 3.63) is 107 Å². The Morgan fingerprint density at radius 3 is 2.23 bits per heavy atom. The average Bonchev–Trinajstić information content (AvgIpc) is 2.89. The van der Waals surface area contributed by atoms with E-state index in [-0.39, 0.29) is 5.82 Å². The quantitative estimate of drug-likeness (QED) is 0.241. The van der Waals surface area contributed by atoms with Gasteiger partial charge >= 0.3 is 0 Å². The lowest BCUT2D eigenvalue weighted by molar-refractivity contribution is 0.308. The second-order valence-electron chi connectivity index (χ2n) is 9.82. The SMILES string of the molecule is C/C=C/CCc1ccc(C#Cc2ccc3c(F)c(C4CCC(CC/C=C/C)CC4)ccc3c2)cc1. The molecule has 4 rings (SSSR count). The summed E-state index contributed by atoms with van der Waals surface area (Å²) >= 11 is 0. The molecule has 0 nitrogen and oxygen atoms in total. The highest BCUT2D eigenvalue weighted by molar-refractivity contribution is 5.85. The lowest BCUT2D eigenvalue weighted by Crippen LogP contribution is -2.14. The molecule has 3 aromatic rings. The first-order chi connectivity index (χ1) is 17.2. The fourth-order valence-corrected chi connectivity index (χ4v) is 5.28. The van der Waals surface area contributed by atoms with Crippen LogP contribution in [0.2, 0.25) is 0 Å². The van der Waals surface area contributed by atoms with E-state index in [4.69, 9.17) is 0 Å². The fourth-order valence-electron chi connectivity index (χ4n) is 5.28. The first-order valence-electron chi connectivity index (χ1n) is 13.2. The zero-order valence-corrected chi connectivity index (χ0v) is 21.2. The third-order valence-corrected chi connectivity index (χ3v) is 7.39. The molecule has 0 atom stereocenters. The predicted octanol–water partition coefficient (Wildman–Crippen LogP) is 9.52. The summed E-state index contributed by atoms with van der Waals surface area (Å²) in [5.41, 5.74) is 4.15. The van der Waals surface area contributed by atoms with Gasteiger partial charge in [0.1, 0.15) is 5.82 Å². The molecule has 180 valence electrons. The van der Waals surface area contributed by atoms with Gasteiger partial charge in [-0.3, -0.25) is 0 Å². The van der Waals surface area contributed by atoms with Crippen LogP contribution >= 0.6 is 0 Å². The number of hydrogen-bond donors (Lipinski definition) is 0. The average molecular weight is 465 g/mol. The van der Waals surface area contributed by atoms with Gasteiger partial charge in [-0.1, -0.05) is 66.5 Å². The van der Waals surface area contributed by atoms with E-state index in [0.29, 0.717) is 11.3 Å². The highest BCUT2D eigenvalue weighted by atomic mass is 19.1. The maximum atomic E-state index is 15.5. The van der Waals surface area contributed by atoms with Gasteiger partial charge in [-0.05, 0) is 118 Å². The summed E-state index contributed by atoms with van der Waals surface area (Å²) in [6, 6.07) is 18.4. The number of allylic oxidation sites excluding steroid dienone is 4. The minimum Gasteiger partial charge on any atom is -0.206 e. The maximum absolute atomic E-state index is 15.5. The summed E-state index contributed by atoms with van der Waals surface area (Å²) in [7, 11) is 0. The van der Waals surface area contributed by atoms with E-state index < -0.39 is 0 Å². The summed E-state index contributed by atoms with van der Waals surface area (Å²) in [4.78, 5) is 0. The van der Waals surface area contributed by atoms with E-state index in [9.17, 15) is 0 Å². The molecular formula is C34H37F. The molecule has 35 heavy (non-hydrogen) atoms. The summed E-state index contributed by atoms with van der Waals surface area (Å²) in [5.74, 6) is 7.62. The van der Waals surface area contributed by atoms with Crippen molar-refractivity contribution in [2.75, 3.05) is 0 Å². The predicted molar refractivity (Wildman–Crippen MR) is 148 cm³/mol. The Bertz CT molecular complexity index is 1230. The van der Waals surface area contributed by atoms with Gasteiger partial charge in [0.25, 0.3) is 0 Å². The normalized spacial score (nSPS) is 18.3. The highest BCUT2D eigenvalue weighted by Gasteiger charge is 2.24. The summed E-state index contributed by atoms with van der Waals surface area (Å²) in [6.45, 7) is 4.14. The molecule has 1 saturated carbocycles. The molecule has 1 aliphatic rings. The van der Waals surface area contributed by atoms with Gasteiger partial charge in [-0.25, -0.2) is 4.39 Å². The van der Waals surface area contributed by atoms with E-state index in [1.165, 1.54) is 31.2 Å². The van der Waals surface area contributed by atoms with E-state index in [1.807, 2.05) is 24.3 Å². The Morgan fingerprint density at radius 1 is 0.800 bits per heavy atom. The minimum absolute atomic E-state index is 0.0344. The van der Waals surface area contributed by atoms with Crippen LogP contribution in [0.15, 0.2) is 78.9 Å². The van der Waals surface area contributed by atoms with Crippen LogP contribution in [0.5, 0.6) is 0 Å². The molecule has 1 fully saturated rings. The zero-order chi connectivity index (χ0) is 24.5. The van der Waals surface area contributed by atoms with E-state index in [1.54, 1.807) is 0 Å². The van der Waals surface area contributed by atoms with Gasteiger partial charge < -0.3 is 0 Å². The molecule has 0 radical (unpaired) electrons. The van der Waals surface area contributed by atoms with Crippen molar-refractivity contribution in [2.24, 2.45) is 5.92 Å². The van der Waals surface area contributed by atoms with Crippen molar-refractivity contribution in [1.82, 2.24) is 0 Å². The molecule has 1 heteroatoms. The van der Waals surface area contributed by atoms with Gasteiger partial charge in [0.15, 0.2) is 0 Å². The van der Waals surface area contributed by atoms with Crippen LogP contribution in [0, 0.1) is 23.6 Å². The topological polar surface area (TPSA) is 0 Å². The van der Waals surface area contributed by atoms with Crippen LogP contribution in [-0.2, 0) is 6.42 Å². The van der Waals surface area contributed by atoms with Crippen LogP contribution in [0.25, 0.3) is 10.8 Å². The molecule has 0 bridgehead atoms. The van der Waals surface area contributed by atoms with Crippen molar-refractivity contribution in [2.45, 2.75) is 71.1 Å². The van der Waals surface area contributed by atoms with Crippen LogP contribution in [0.3, 0.4) is 0 Å². The van der Waals surface area contributed by atoms with Crippen molar-refractivity contribution in [1.29, 1.82) is 0 Å². The van der Waals surface area contributed by atoms with Crippen LogP contribution in [-0.4, -0.2) is 0 Å². The van der Waals surface area contributed by atoms with Crippen molar-refractivity contribution in [3.63, 3.8) is 0 Å². The van der Waals surface area contributed by atoms with Gasteiger partial charge in [-0.15, -0.1) is 0 Å². The number of hydrogen-bond acceptors (Lipinski definition) is 0. The van der Waals surface area contributed by atoms with Gasteiger partial charge in [0.05, 0.1) is 0 Å². The van der Waals surface area contributed by atoms with Gasteiger partial charge in [0.2, 0.25) is 0 Å². The monoisotopic (exact) mass is 464 g/mol. The second kappa shape index (κ2) is 12.6. The van der Waals surface area contributed by atoms with Crippen LogP contribution < -0.4 is 0 Å². The molecule has 0 saturated heterocycles. The van der Waals surface area contributed by atoms with Crippen LogP contribution in [0.4, 0.5) is 4.39 Å². The molecule has 0 amide bonds. The molecule has 0 aromatic heterocycles. The molecule has 0 N–H and O–H groups in total. The van der Waals surface area contributed by atoms with Gasteiger partial charge in [0, 0.05) is 16.5 Å². The lowest BCUT2D eigenvalue weighted by Gasteiger charge is -2.29. The number of aryl methyl sites for hydroxylation is 1. The van der Waals surface area contributed by atoms with E-state index >= 15 is 4.39 Å². The molecule has 0 heterocycles. The van der Waals surface area contributed by atoms with Crippen molar-refractivity contribution >= 4 is 10.8 Å². The number of halogens is 1. The minimum atomic E-state index is -0.0344. The standard InChI is InChI=1S/C34H37F/c1-3-5-7-9-26-11-13-28(14-12-26)15-16-29-19-23-33-31(25-29)22-24-32(34(33)35)30-20-17-27(18-21-30)10-8-6-4-2/h3-6,11-14,19,22-25,27,30H,7-10,17-18,20-21H2,1-2H3/b5-3+,6-4+. The number of benzene rings is 3. The summed E-state index contributed by atoms with van der Waals surface area (Å²) in [5, 5.41) is 1.64. The molecule has 0 spiro atoms. The summed E-state index contributed by atoms with van der Waals surface area (Å²) < 4.78 is 15.5. The van der Waals surface area contributed by atoms with Crippen molar-refractivity contribution in [3.8, 4) is 11.8 Å². The molecule has 3 aromatic carbocycles. The fraction of sp³-hybridized carbons (Fsp3) is 0.353. The smallest absolute Gasteiger partial charge is 0.134 e. The number of fused-ring (bicyclic) bond motifs is 1. The highest BCUT2D eigenvalue weighted by Crippen LogP contribution is 2.39.